The van der Waals surface area contributed by atoms with Crippen molar-refractivity contribution in [3.05, 3.63) is 30.3 Å². The molecule has 0 spiro atoms. The van der Waals surface area contributed by atoms with E-state index in [1.807, 2.05) is 6.07 Å². The zero-order valence-electron chi connectivity index (χ0n) is 7.30. The lowest BCUT2D eigenvalue weighted by molar-refractivity contribution is -0.134. The fourth-order valence-electron chi connectivity index (χ4n) is 1.09. The van der Waals surface area contributed by atoms with Crippen LogP contribution in [0.15, 0.2) is 30.3 Å². The number of aliphatic carboxylic acids is 1. The number of hydrogen-bond donors (Lipinski definition) is 1. The number of carbonyl (C=O) groups is 1. The van der Waals surface area contributed by atoms with Crippen LogP contribution in [0.1, 0.15) is 0 Å². The highest BCUT2D eigenvalue weighted by molar-refractivity contribution is 7.71. The van der Waals surface area contributed by atoms with Crippen molar-refractivity contribution in [2.24, 2.45) is 0 Å². The molecule has 0 amide bonds. The van der Waals surface area contributed by atoms with Crippen LogP contribution in [0.2, 0.25) is 0 Å². The second kappa shape index (κ2) is 3.75. The Balaban J connectivity index is 2.95. The molecule has 0 saturated heterocycles. The molecule has 0 aliphatic carbocycles. The lowest BCUT2D eigenvalue weighted by atomic mass is 10.4. The van der Waals surface area contributed by atoms with E-state index in [0.29, 0.717) is 5.30 Å². The number of rotatable bonds is 3. The second-order valence-electron chi connectivity index (χ2n) is 2.99. The number of benzene rings is 1. The highest BCUT2D eigenvalue weighted by atomic mass is 31.2. The Bertz CT molecular complexity index is 345. The van der Waals surface area contributed by atoms with Gasteiger partial charge < -0.3 is 9.67 Å². The Morgan fingerprint density at radius 3 is 2.38 bits per heavy atom. The molecule has 0 radical (unpaired) electrons. The maximum Gasteiger partial charge on any atom is 0.311 e. The zero-order chi connectivity index (χ0) is 9.90. The van der Waals surface area contributed by atoms with Gasteiger partial charge in [-0.2, -0.15) is 0 Å². The lowest BCUT2D eigenvalue weighted by Gasteiger charge is -2.09. The van der Waals surface area contributed by atoms with Crippen molar-refractivity contribution in [1.29, 1.82) is 0 Å². The molecule has 1 aromatic rings. The molecule has 0 heterocycles. The van der Waals surface area contributed by atoms with E-state index in [1.54, 1.807) is 24.3 Å². The topological polar surface area (TPSA) is 54.4 Å². The number of hydrogen-bond acceptors (Lipinski definition) is 2. The molecule has 70 valence electrons. The van der Waals surface area contributed by atoms with Crippen molar-refractivity contribution in [3.8, 4) is 0 Å². The molecule has 1 N–H and O–H groups in total. The molecule has 0 aliphatic rings. The summed E-state index contributed by atoms with van der Waals surface area (Å²) in [5.41, 5.74) is 0. The van der Waals surface area contributed by atoms with Crippen LogP contribution < -0.4 is 5.30 Å². The molecule has 1 rings (SSSR count). The van der Waals surface area contributed by atoms with Gasteiger partial charge in [-0.05, 0) is 6.66 Å². The van der Waals surface area contributed by atoms with Gasteiger partial charge >= 0.3 is 5.97 Å². The van der Waals surface area contributed by atoms with Crippen LogP contribution in [-0.4, -0.2) is 23.9 Å². The summed E-state index contributed by atoms with van der Waals surface area (Å²) in [6.45, 7) is 1.50. The van der Waals surface area contributed by atoms with Gasteiger partial charge in [0.1, 0.15) is 13.3 Å². The van der Waals surface area contributed by atoms with Gasteiger partial charge in [0.15, 0.2) is 0 Å². The Kier molecular flexibility index (Phi) is 2.89. The maximum absolute atomic E-state index is 11.8. The van der Waals surface area contributed by atoms with Gasteiger partial charge in [0.25, 0.3) is 0 Å². The Morgan fingerprint density at radius 1 is 1.38 bits per heavy atom. The first-order chi connectivity index (χ1) is 6.02. The van der Waals surface area contributed by atoms with E-state index in [-0.39, 0.29) is 6.16 Å². The normalized spacial score (nSPS) is 14.8. The molecule has 1 aromatic carbocycles. The van der Waals surface area contributed by atoms with Gasteiger partial charge in [0.2, 0.25) is 0 Å². The van der Waals surface area contributed by atoms with Gasteiger partial charge in [-0.3, -0.25) is 4.79 Å². The predicted molar refractivity (Wildman–Crippen MR) is 52.1 cm³/mol. The van der Waals surface area contributed by atoms with Crippen LogP contribution in [-0.2, 0) is 9.36 Å². The molecule has 3 nitrogen and oxygen atoms in total. The molecule has 13 heavy (non-hydrogen) atoms. The maximum atomic E-state index is 11.8. The van der Waals surface area contributed by atoms with Crippen LogP contribution in [0.25, 0.3) is 0 Å². The summed E-state index contributed by atoms with van der Waals surface area (Å²) >= 11 is 0. The van der Waals surface area contributed by atoms with Crippen molar-refractivity contribution in [2.45, 2.75) is 0 Å². The Morgan fingerprint density at radius 2 is 1.92 bits per heavy atom. The number of carboxylic acid groups (broad SMARTS) is 1. The van der Waals surface area contributed by atoms with Gasteiger partial charge in [-0.15, -0.1) is 0 Å². The first-order valence-corrected chi connectivity index (χ1v) is 6.20. The van der Waals surface area contributed by atoms with Crippen LogP contribution in [0.3, 0.4) is 0 Å². The second-order valence-corrected chi connectivity index (χ2v) is 6.02. The predicted octanol–water partition coefficient (Wildman–Crippen LogP) is 1.39. The molecule has 0 aromatic heterocycles. The molecule has 1 atom stereocenters. The largest absolute Gasteiger partial charge is 0.481 e. The monoisotopic (exact) mass is 198 g/mol. The van der Waals surface area contributed by atoms with Gasteiger partial charge in [0.05, 0.1) is 0 Å². The molecular formula is C9H11O3P. The van der Waals surface area contributed by atoms with Crippen molar-refractivity contribution in [3.63, 3.8) is 0 Å². The molecule has 1 unspecified atom stereocenters. The third-order valence-corrected chi connectivity index (χ3v) is 4.00. The average molecular weight is 198 g/mol. The lowest BCUT2D eigenvalue weighted by Crippen LogP contribution is -2.12. The molecule has 0 bridgehead atoms. The van der Waals surface area contributed by atoms with Gasteiger partial charge in [-0.1, -0.05) is 30.3 Å². The fourth-order valence-corrected chi connectivity index (χ4v) is 2.59. The Hall–Kier alpha value is -1.08. The van der Waals surface area contributed by atoms with Gasteiger partial charge in [0, 0.05) is 5.30 Å². The van der Waals surface area contributed by atoms with Crippen molar-refractivity contribution in [1.82, 2.24) is 0 Å². The quantitative estimate of drug-likeness (QED) is 0.746. The first-order valence-electron chi connectivity index (χ1n) is 3.86. The third-order valence-electron chi connectivity index (χ3n) is 1.74. The van der Waals surface area contributed by atoms with E-state index < -0.39 is 13.1 Å². The molecule has 0 aliphatic heterocycles. The van der Waals surface area contributed by atoms with E-state index in [2.05, 4.69) is 0 Å². The van der Waals surface area contributed by atoms with E-state index in [4.69, 9.17) is 5.11 Å². The summed E-state index contributed by atoms with van der Waals surface area (Å²) < 4.78 is 11.8. The summed E-state index contributed by atoms with van der Waals surface area (Å²) in [7, 11) is -2.70. The summed E-state index contributed by atoms with van der Waals surface area (Å²) in [6.07, 6.45) is -0.281. The number of carboxylic acids is 1. The highest BCUT2D eigenvalue weighted by Gasteiger charge is 2.21. The highest BCUT2D eigenvalue weighted by Crippen LogP contribution is 2.38. The average Bonchev–Trinajstić information content (AvgIpc) is 2.04. The molecule has 0 saturated carbocycles. The SMILES string of the molecule is CP(=O)(CC(=O)O)c1ccccc1. The van der Waals surface area contributed by atoms with Crippen molar-refractivity contribution < 1.29 is 14.5 Å². The minimum Gasteiger partial charge on any atom is -0.481 e. The summed E-state index contributed by atoms with van der Waals surface area (Å²) in [5.74, 6) is -1.02. The van der Waals surface area contributed by atoms with Crippen LogP contribution in [0.5, 0.6) is 0 Å². The summed E-state index contributed by atoms with van der Waals surface area (Å²) in [5, 5.41) is 9.16. The van der Waals surface area contributed by atoms with Crippen molar-refractivity contribution in [2.75, 3.05) is 12.8 Å². The molecule has 0 fully saturated rings. The van der Waals surface area contributed by atoms with E-state index in [1.165, 1.54) is 6.66 Å². The molecular weight excluding hydrogens is 187 g/mol. The van der Waals surface area contributed by atoms with Gasteiger partial charge in [-0.25, -0.2) is 0 Å². The van der Waals surface area contributed by atoms with E-state index in [9.17, 15) is 9.36 Å². The minimum atomic E-state index is -2.70. The minimum absolute atomic E-state index is 0.281. The van der Waals surface area contributed by atoms with Crippen LogP contribution >= 0.6 is 7.14 Å². The molecule has 4 heteroatoms. The van der Waals surface area contributed by atoms with E-state index in [0.717, 1.165) is 0 Å². The third kappa shape index (κ3) is 2.71. The zero-order valence-corrected chi connectivity index (χ0v) is 8.20. The van der Waals surface area contributed by atoms with Crippen LogP contribution in [0.4, 0.5) is 0 Å². The first kappa shape index (κ1) is 10.0. The summed E-state index contributed by atoms with van der Waals surface area (Å²) in [6, 6.07) is 8.72. The standard InChI is InChI=1S/C9H11O3P/c1-13(12,7-9(10)11)8-5-3-2-4-6-8/h2-6H,7H2,1H3,(H,10,11). The fraction of sp³-hybridized carbons (Fsp3) is 0.222. The Labute approximate surface area is 76.8 Å². The smallest absolute Gasteiger partial charge is 0.311 e. The van der Waals surface area contributed by atoms with Crippen LogP contribution in [0, 0.1) is 0 Å². The summed E-state index contributed by atoms with van der Waals surface area (Å²) in [4.78, 5) is 10.4. The van der Waals surface area contributed by atoms with E-state index >= 15 is 0 Å². The van der Waals surface area contributed by atoms with Crippen molar-refractivity contribution >= 4 is 18.4 Å².